The molecule has 3 N–H and O–H groups in total. The van der Waals surface area contributed by atoms with E-state index in [1.807, 2.05) is 31.2 Å². The van der Waals surface area contributed by atoms with E-state index in [0.717, 1.165) is 11.1 Å². The first kappa shape index (κ1) is 17.0. The van der Waals surface area contributed by atoms with Crippen molar-refractivity contribution in [1.29, 1.82) is 0 Å². The topological polar surface area (TPSA) is 69.6 Å². The van der Waals surface area contributed by atoms with Crippen molar-refractivity contribution < 1.29 is 15.0 Å². The lowest BCUT2D eigenvalue weighted by atomic mass is 10.0. The van der Waals surface area contributed by atoms with E-state index in [0.29, 0.717) is 19.3 Å². The number of rotatable bonds is 7. The second-order valence-electron chi connectivity index (χ2n) is 5.80. The van der Waals surface area contributed by atoms with Crippen molar-refractivity contribution in [2.24, 2.45) is 0 Å². The highest BCUT2D eigenvalue weighted by molar-refractivity contribution is 5.76. The molecule has 2 aromatic carbocycles. The van der Waals surface area contributed by atoms with Gasteiger partial charge >= 0.3 is 0 Å². The fraction of sp³-hybridized carbons (Fsp3) is 0.316. The Morgan fingerprint density at radius 2 is 1.65 bits per heavy atom. The SMILES string of the molecule is Cc1ccc(CCC(=O)N[C@H](CO)Cc2ccc(O)cc2)cc1. The molecule has 0 saturated heterocycles. The average molecular weight is 313 g/mol. The van der Waals surface area contributed by atoms with Gasteiger partial charge in [0.05, 0.1) is 12.6 Å². The van der Waals surface area contributed by atoms with Crippen LogP contribution in [0.5, 0.6) is 5.75 Å². The molecule has 0 aromatic heterocycles. The molecule has 4 nitrogen and oxygen atoms in total. The van der Waals surface area contributed by atoms with Crippen LogP contribution >= 0.6 is 0 Å². The maximum atomic E-state index is 12.0. The van der Waals surface area contributed by atoms with Crippen LogP contribution in [0.3, 0.4) is 0 Å². The molecule has 122 valence electrons. The Hall–Kier alpha value is -2.33. The summed E-state index contributed by atoms with van der Waals surface area (Å²) in [6.45, 7) is 1.92. The Labute approximate surface area is 136 Å². The second kappa shape index (κ2) is 8.34. The van der Waals surface area contributed by atoms with Gasteiger partial charge in [-0.3, -0.25) is 4.79 Å². The number of nitrogens with one attached hydrogen (secondary N) is 1. The number of carbonyl (C=O) groups excluding carboxylic acids is 1. The number of phenolic OH excluding ortho intramolecular Hbond substituents is 1. The van der Waals surface area contributed by atoms with E-state index < -0.39 is 0 Å². The number of hydrogen-bond donors (Lipinski definition) is 3. The van der Waals surface area contributed by atoms with Crippen molar-refractivity contribution in [2.45, 2.75) is 32.2 Å². The molecule has 0 radical (unpaired) electrons. The molecular weight excluding hydrogens is 290 g/mol. The lowest BCUT2D eigenvalue weighted by Gasteiger charge is -2.16. The monoisotopic (exact) mass is 313 g/mol. The molecule has 2 rings (SSSR count). The molecule has 2 aromatic rings. The highest BCUT2D eigenvalue weighted by Gasteiger charge is 2.12. The van der Waals surface area contributed by atoms with Crippen LogP contribution in [0, 0.1) is 6.92 Å². The molecule has 23 heavy (non-hydrogen) atoms. The molecule has 0 saturated carbocycles. The number of carbonyl (C=O) groups is 1. The van der Waals surface area contributed by atoms with Crippen molar-refractivity contribution in [1.82, 2.24) is 5.32 Å². The number of aliphatic hydroxyl groups excluding tert-OH is 1. The average Bonchev–Trinajstić information content (AvgIpc) is 2.55. The molecule has 0 unspecified atom stereocenters. The number of amides is 1. The predicted octanol–water partition coefficient (Wildman–Crippen LogP) is 2.35. The van der Waals surface area contributed by atoms with Gasteiger partial charge in [-0.05, 0) is 43.0 Å². The fourth-order valence-electron chi connectivity index (χ4n) is 2.39. The van der Waals surface area contributed by atoms with Crippen LogP contribution in [0.2, 0.25) is 0 Å². The van der Waals surface area contributed by atoms with E-state index >= 15 is 0 Å². The van der Waals surface area contributed by atoms with E-state index in [1.165, 1.54) is 5.56 Å². The summed E-state index contributed by atoms with van der Waals surface area (Å²) in [4.78, 5) is 12.0. The van der Waals surface area contributed by atoms with Gasteiger partial charge in [-0.25, -0.2) is 0 Å². The first-order valence-corrected chi connectivity index (χ1v) is 7.80. The summed E-state index contributed by atoms with van der Waals surface area (Å²) in [6, 6.07) is 14.6. The lowest BCUT2D eigenvalue weighted by molar-refractivity contribution is -0.122. The standard InChI is InChI=1S/C19H23NO3/c1-14-2-4-15(5-3-14)8-11-19(23)20-17(13-21)12-16-6-9-18(22)10-7-16/h2-7,9-10,17,21-22H,8,11-13H2,1H3,(H,20,23)/t17-/m0/s1. The van der Waals surface area contributed by atoms with Crippen LogP contribution in [-0.2, 0) is 17.6 Å². The molecule has 0 spiro atoms. The Morgan fingerprint density at radius 1 is 1.04 bits per heavy atom. The fourth-order valence-corrected chi connectivity index (χ4v) is 2.39. The summed E-state index contributed by atoms with van der Waals surface area (Å²) in [7, 11) is 0. The Bertz CT molecular complexity index is 620. The summed E-state index contributed by atoms with van der Waals surface area (Å²) in [5.74, 6) is 0.139. The molecule has 0 aliphatic carbocycles. The number of benzene rings is 2. The highest BCUT2D eigenvalue weighted by Crippen LogP contribution is 2.11. The van der Waals surface area contributed by atoms with Gasteiger partial charge in [0.25, 0.3) is 0 Å². The van der Waals surface area contributed by atoms with Crippen molar-refractivity contribution in [3.63, 3.8) is 0 Å². The van der Waals surface area contributed by atoms with Gasteiger partial charge in [-0.1, -0.05) is 42.0 Å². The number of aliphatic hydroxyl groups is 1. The Balaban J connectivity index is 1.82. The predicted molar refractivity (Wildman–Crippen MR) is 90.3 cm³/mol. The lowest BCUT2D eigenvalue weighted by Crippen LogP contribution is -2.39. The molecule has 0 bridgehead atoms. The van der Waals surface area contributed by atoms with Crippen LogP contribution in [0.1, 0.15) is 23.1 Å². The summed E-state index contributed by atoms with van der Waals surface area (Å²) < 4.78 is 0. The van der Waals surface area contributed by atoms with E-state index in [4.69, 9.17) is 0 Å². The minimum atomic E-state index is -0.315. The molecule has 0 heterocycles. The van der Waals surface area contributed by atoms with Crippen molar-refractivity contribution >= 4 is 5.91 Å². The van der Waals surface area contributed by atoms with Gasteiger partial charge in [0, 0.05) is 6.42 Å². The molecule has 1 atom stereocenters. The van der Waals surface area contributed by atoms with E-state index in [2.05, 4.69) is 5.32 Å². The Kier molecular flexibility index (Phi) is 6.18. The van der Waals surface area contributed by atoms with Crippen molar-refractivity contribution in [3.05, 3.63) is 65.2 Å². The third-order valence-corrected chi connectivity index (χ3v) is 3.77. The van der Waals surface area contributed by atoms with Gasteiger partial charge in [-0.15, -0.1) is 0 Å². The third-order valence-electron chi connectivity index (χ3n) is 3.77. The second-order valence-corrected chi connectivity index (χ2v) is 5.80. The summed E-state index contributed by atoms with van der Waals surface area (Å²) in [6.07, 6.45) is 1.62. The van der Waals surface area contributed by atoms with Crippen LogP contribution in [0.4, 0.5) is 0 Å². The number of aryl methyl sites for hydroxylation is 2. The van der Waals surface area contributed by atoms with Crippen LogP contribution in [-0.4, -0.2) is 28.8 Å². The number of aromatic hydroxyl groups is 1. The first-order chi connectivity index (χ1) is 11.1. The van der Waals surface area contributed by atoms with Crippen LogP contribution < -0.4 is 5.32 Å². The highest BCUT2D eigenvalue weighted by atomic mass is 16.3. The molecule has 0 aliphatic rings. The summed E-state index contributed by atoms with van der Waals surface area (Å²) in [5, 5.41) is 21.6. The first-order valence-electron chi connectivity index (χ1n) is 7.80. The minimum absolute atomic E-state index is 0.0663. The molecule has 1 amide bonds. The van der Waals surface area contributed by atoms with E-state index in [1.54, 1.807) is 24.3 Å². The molecule has 4 heteroatoms. The maximum Gasteiger partial charge on any atom is 0.220 e. The third kappa shape index (κ3) is 5.75. The summed E-state index contributed by atoms with van der Waals surface area (Å²) >= 11 is 0. The van der Waals surface area contributed by atoms with E-state index in [9.17, 15) is 15.0 Å². The molecule has 0 aliphatic heterocycles. The molecule has 0 fully saturated rings. The van der Waals surface area contributed by atoms with Crippen LogP contribution in [0.25, 0.3) is 0 Å². The van der Waals surface area contributed by atoms with Gasteiger partial charge in [0.15, 0.2) is 0 Å². The molecular formula is C19H23NO3. The van der Waals surface area contributed by atoms with Gasteiger partial charge in [0.2, 0.25) is 5.91 Å². The van der Waals surface area contributed by atoms with E-state index in [-0.39, 0.29) is 24.3 Å². The maximum absolute atomic E-state index is 12.0. The normalized spacial score (nSPS) is 11.9. The smallest absolute Gasteiger partial charge is 0.220 e. The van der Waals surface area contributed by atoms with Crippen molar-refractivity contribution in [3.8, 4) is 5.75 Å². The van der Waals surface area contributed by atoms with Gasteiger partial charge in [-0.2, -0.15) is 0 Å². The zero-order chi connectivity index (χ0) is 16.7. The van der Waals surface area contributed by atoms with Gasteiger partial charge in [0.1, 0.15) is 5.75 Å². The Morgan fingerprint density at radius 3 is 2.26 bits per heavy atom. The van der Waals surface area contributed by atoms with Gasteiger partial charge < -0.3 is 15.5 Å². The zero-order valence-corrected chi connectivity index (χ0v) is 13.3. The number of phenols is 1. The summed E-state index contributed by atoms with van der Waals surface area (Å²) in [5.41, 5.74) is 3.29. The quantitative estimate of drug-likeness (QED) is 0.735. The largest absolute Gasteiger partial charge is 0.508 e. The number of hydrogen-bond acceptors (Lipinski definition) is 3. The van der Waals surface area contributed by atoms with Crippen LogP contribution in [0.15, 0.2) is 48.5 Å². The zero-order valence-electron chi connectivity index (χ0n) is 13.3. The minimum Gasteiger partial charge on any atom is -0.508 e. The van der Waals surface area contributed by atoms with Crippen molar-refractivity contribution in [2.75, 3.05) is 6.61 Å².